The van der Waals surface area contributed by atoms with Crippen molar-refractivity contribution in [1.29, 1.82) is 0 Å². The van der Waals surface area contributed by atoms with Gasteiger partial charge in [-0.15, -0.1) is 0 Å². The van der Waals surface area contributed by atoms with Crippen molar-refractivity contribution in [2.24, 2.45) is 0 Å². The lowest BCUT2D eigenvalue weighted by atomic mass is 9.95. The Kier molecular flexibility index (Phi) is 5.41. The lowest BCUT2D eigenvalue weighted by Crippen LogP contribution is -2.44. The van der Waals surface area contributed by atoms with Crippen molar-refractivity contribution in [2.75, 3.05) is 13.7 Å². The number of rotatable bonds is 5. The number of amides is 1. The quantitative estimate of drug-likeness (QED) is 0.847. The molecule has 5 heteroatoms. The molecule has 0 saturated carbocycles. The van der Waals surface area contributed by atoms with Gasteiger partial charge in [0.15, 0.2) is 0 Å². The SMILES string of the molecule is COc1nccc(C(=O)N2CCCCC2CCc2ccccc2)n1. The highest BCUT2D eigenvalue weighted by Gasteiger charge is 2.28. The minimum atomic E-state index is -0.0199. The van der Waals surface area contributed by atoms with Gasteiger partial charge in [-0.05, 0) is 43.7 Å². The highest BCUT2D eigenvalue weighted by Crippen LogP contribution is 2.23. The predicted molar refractivity (Wildman–Crippen MR) is 92.0 cm³/mol. The minimum absolute atomic E-state index is 0.0199. The molecule has 1 aliphatic rings. The number of hydrogen-bond donors (Lipinski definition) is 0. The molecule has 0 radical (unpaired) electrons. The van der Waals surface area contributed by atoms with E-state index in [-0.39, 0.29) is 18.0 Å². The first-order valence-electron chi connectivity index (χ1n) is 8.50. The van der Waals surface area contributed by atoms with Crippen molar-refractivity contribution in [3.05, 3.63) is 53.9 Å². The van der Waals surface area contributed by atoms with Crippen LogP contribution in [0.3, 0.4) is 0 Å². The van der Waals surface area contributed by atoms with Gasteiger partial charge in [0.05, 0.1) is 7.11 Å². The third-order valence-corrected chi connectivity index (χ3v) is 4.53. The number of carbonyl (C=O) groups is 1. The van der Waals surface area contributed by atoms with Crippen LogP contribution in [-0.2, 0) is 6.42 Å². The van der Waals surface area contributed by atoms with Crippen LogP contribution in [0.15, 0.2) is 42.6 Å². The fraction of sp³-hybridized carbons (Fsp3) is 0.421. The Hall–Kier alpha value is -2.43. The Labute approximate surface area is 142 Å². The Morgan fingerprint density at radius 1 is 1.25 bits per heavy atom. The third kappa shape index (κ3) is 3.91. The summed E-state index contributed by atoms with van der Waals surface area (Å²) in [5.41, 5.74) is 1.73. The van der Waals surface area contributed by atoms with E-state index in [4.69, 9.17) is 4.74 Å². The molecule has 1 unspecified atom stereocenters. The number of nitrogens with zero attached hydrogens (tertiary/aromatic N) is 3. The van der Waals surface area contributed by atoms with Gasteiger partial charge in [0.25, 0.3) is 5.91 Å². The topological polar surface area (TPSA) is 55.3 Å². The van der Waals surface area contributed by atoms with Crippen LogP contribution in [0.5, 0.6) is 6.01 Å². The average molecular weight is 325 g/mol. The smallest absolute Gasteiger partial charge is 0.316 e. The predicted octanol–water partition coefficient (Wildman–Crippen LogP) is 3.11. The van der Waals surface area contributed by atoms with Gasteiger partial charge in [0.2, 0.25) is 0 Å². The van der Waals surface area contributed by atoms with E-state index in [9.17, 15) is 4.79 Å². The maximum atomic E-state index is 12.9. The van der Waals surface area contributed by atoms with Gasteiger partial charge in [-0.2, -0.15) is 4.98 Å². The molecule has 1 saturated heterocycles. The van der Waals surface area contributed by atoms with Crippen molar-refractivity contribution in [2.45, 2.75) is 38.1 Å². The van der Waals surface area contributed by atoms with E-state index < -0.39 is 0 Å². The van der Waals surface area contributed by atoms with E-state index in [1.165, 1.54) is 19.1 Å². The molecule has 126 valence electrons. The number of benzene rings is 1. The largest absolute Gasteiger partial charge is 0.467 e. The molecule has 2 aromatic rings. The maximum absolute atomic E-state index is 12.9. The fourth-order valence-corrected chi connectivity index (χ4v) is 3.25. The number of hydrogen-bond acceptors (Lipinski definition) is 4. The highest BCUT2D eigenvalue weighted by atomic mass is 16.5. The average Bonchev–Trinajstić information content (AvgIpc) is 2.67. The molecule has 2 heterocycles. The van der Waals surface area contributed by atoms with Crippen LogP contribution < -0.4 is 4.74 Å². The van der Waals surface area contributed by atoms with Gasteiger partial charge in [-0.3, -0.25) is 4.79 Å². The van der Waals surface area contributed by atoms with Crippen LogP contribution >= 0.6 is 0 Å². The zero-order chi connectivity index (χ0) is 16.8. The summed E-state index contributed by atoms with van der Waals surface area (Å²) >= 11 is 0. The van der Waals surface area contributed by atoms with Crippen LogP contribution in [0.4, 0.5) is 0 Å². The summed E-state index contributed by atoms with van der Waals surface area (Å²) in [5, 5.41) is 0. The zero-order valence-corrected chi connectivity index (χ0v) is 14.0. The summed E-state index contributed by atoms with van der Waals surface area (Å²) in [6, 6.07) is 12.6. The van der Waals surface area contributed by atoms with Gasteiger partial charge in [0, 0.05) is 18.8 Å². The van der Waals surface area contributed by atoms with Crippen molar-refractivity contribution in [3.63, 3.8) is 0 Å². The summed E-state index contributed by atoms with van der Waals surface area (Å²) in [7, 11) is 1.51. The van der Waals surface area contributed by atoms with E-state index >= 15 is 0 Å². The molecule has 0 aliphatic carbocycles. The normalized spacial score (nSPS) is 17.5. The number of aryl methyl sites for hydroxylation is 1. The van der Waals surface area contributed by atoms with E-state index in [2.05, 4.69) is 34.2 Å². The molecule has 5 nitrogen and oxygen atoms in total. The number of aromatic nitrogens is 2. The van der Waals surface area contributed by atoms with Crippen LogP contribution in [-0.4, -0.2) is 40.5 Å². The standard InChI is InChI=1S/C19H23N3O2/c1-24-19-20-13-12-17(21-19)18(23)22-14-6-5-9-16(22)11-10-15-7-3-2-4-8-15/h2-4,7-8,12-13,16H,5-6,9-11,14H2,1H3. The summed E-state index contributed by atoms with van der Waals surface area (Å²) in [5.74, 6) is -0.0199. The molecule has 0 N–H and O–H groups in total. The molecule has 3 rings (SSSR count). The zero-order valence-electron chi connectivity index (χ0n) is 14.0. The number of ether oxygens (including phenoxy) is 1. The summed E-state index contributed by atoms with van der Waals surface area (Å²) in [4.78, 5) is 23.0. The van der Waals surface area contributed by atoms with Crippen molar-refractivity contribution < 1.29 is 9.53 Å². The Morgan fingerprint density at radius 3 is 2.88 bits per heavy atom. The number of likely N-dealkylation sites (tertiary alicyclic amines) is 1. The van der Waals surface area contributed by atoms with Gasteiger partial charge in [-0.25, -0.2) is 4.98 Å². The lowest BCUT2D eigenvalue weighted by Gasteiger charge is -2.35. The lowest BCUT2D eigenvalue weighted by molar-refractivity contribution is 0.0594. The molecule has 1 aromatic carbocycles. The molecule has 1 atom stereocenters. The van der Waals surface area contributed by atoms with Gasteiger partial charge >= 0.3 is 6.01 Å². The maximum Gasteiger partial charge on any atom is 0.316 e. The van der Waals surface area contributed by atoms with E-state index in [1.807, 2.05) is 11.0 Å². The first-order valence-corrected chi connectivity index (χ1v) is 8.50. The van der Waals surface area contributed by atoms with E-state index in [0.29, 0.717) is 5.69 Å². The summed E-state index contributed by atoms with van der Waals surface area (Å²) in [6.07, 6.45) is 6.83. The molecule has 1 amide bonds. The molecule has 0 spiro atoms. The van der Waals surface area contributed by atoms with Crippen LogP contribution in [0, 0.1) is 0 Å². The molecular weight excluding hydrogens is 302 g/mol. The van der Waals surface area contributed by atoms with E-state index in [0.717, 1.165) is 32.2 Å². The third-order valence-electron chi connectivity index (χ3n) is 4.53. The molecule has 24 heavy (non-hydrogen) atoms. The second-order valence-electron chi connectivity index (χ2n) is 6.10. The molecule has 0 bridgehead atoms. The minimum Gasteiger partial charge on any atom is -0.467 e. The first-order chi connectivity index (χ1) is 11.8. The van der Waals surface area contributed by atoms with E-state index in [1.54, 1.807) is 12.3 Å². The molecule has 1 aliphatic heterocycles. The molecule has 1 fully saturated rings. The number of methoxy groups -OCH3 is 1. The van der Waals surface area contributed by atoms with Crippen molar-refractivity contribution in [3.8, 4) is 6.01 Å². The number of piperidine rings is 1. The second kappa shape index (κ2) is 7.90. The second-order valence-corrected chi connectivity index (χ2v) is 6.10. The fourth-order valence-electron chi connectivity index (χ4n) is 3.25. The Bertz CT molecular complexity index is 675. The van der Waals surface area contributed by atoms with Crippen LogP contribution in [0.1, 0.15) is 41.7 Å². The number of carbonyl (C=O) groups excluding carboxylic acids is 1. The summed E-state index contributed by atoms with van der Waals surface area (Å²) < 4.78 is 5.03. The van der Waals surface area contributed by atoms with Crippen molar-refractivity contribution in [1.82, 2.24) is 14.9 Å². The van der Waals surface area contributed by atoms with Gasteiger partial charge in [-0.1, -0.05) is 30.3 Å². The Morgan fingerprint density at radius 2 is 2.08 bits per heavy atom. The van der Waals surface area contributed by atoms with Crippen LogP contribution in [0.2, 0.25) is 0 Å². The monoisotopic (exact) mass is 325 g/mol. The Balaban J connectivity index is 1.70. The first kappa shape index (κ1) is 16.4. The van der Waals surface area contributed by atoms with Gasteiger partial charge < -0.3 is 9.64 Å². The summed E-state index contributed by atoms with van der Waals surface area (Å²) in [6.45, 7) is 0.796. The molecule has 1 aromatic heterocycles. The van der Waals surface area contributed by atoms with Crippen molar-refractivity contribution >= 4 is 5.91 Å². The molecular formula is C19H23N3O2. The highest BCUT2D eigenvalue weighted by molar-refractivity contribution is 5.92. The van der Waals surface area contributed by atoms with Gasteiger partial charge in [0.1, 0.15) is 5.69 Å². The van der Waals surface area contributed by atoms with Crippen LogP contribution in [0.25, 0.3) is 0 Å².